The van der Waals surface area contributed by atoms with Crippen molar-refractivity contribution in [1.29, 1.82) is 0 Å². The summed E-state index contributed by atoms with van der Waals surface area (Å²) in [6.07, 6.45) is 1.96. The monoisotopic (exact) mass is 347 g/mol. The minimum absolute atomic E-state index is 0.0635. The lowest BCUT2D eigenvalue weighted by Crippen LogP contribution is -2.21. The van der Waals surface area contributed by atoms with Crippen molar-refractivity contribution in [1.82, 2.24) is 0 Å². The van der Waals surface area contributed by atoms with E-state index in [1.54, 1.807) is 23.9 Å². The second-order valence-electron chi connectivity index (χ2n) is 4.74. The van der Waals surface area contributed by atoms with E-state index in [4.69, 9.17) is 9.47 Å². The van der Waals surface area contributed by atoms with Crippen molar-refractivity contribution in [3.05, 3.63) is 48.0 Å². The van der Waals surface area contributed by atoms with Crippen LogP contribution in [0.25, 0.3) is 0 Å². The minimum atomic E-state index is -0.806. The molecule has 24 heavy (non-hydrogen) atoms. The lowest BCUT2D eigenvalue weighted by atomic mass is 10.2. The lowest BCUT2D eigenvalue weighted by molar-refractivity contribution is -0.119. The van der Waals surface area contributed by atoms with Crippen LogP contribution in [0.4, 0.5) is 5.69 Å². The number of anilines is 1. The molecule has 0 aliphatic rings. The molecular weight excluding hydrogens is 330 g/mol. The van der Waals surface area contributed by atoms with Crippen LogP contribution < -0.4 is 10.1 Å². The standard InChI is InChI=1S/C17H17NO5S/c1-22-12-5-8-15(19)14(9-12)17(21)23-10-16(20)18-11-3-6-13(24-2)7-4-11/h3-9,19H,10H2,1-2H3,(H,18,20). The topological polar surface area (TPSA) is 84.9 Å². The molecule has 7 heteroatoms. The third kappa shape index (κ3) is 4.66. The van der Waals surface area contributed by atoms with Gasteiger partial charge in [-0.05, 0) is 48.7 Å². The third-order valence-electron chi connectivity index (χ3n) is 3.13. The van der Waals surface area contributed by atoms with Gasteiger partial charge in [0.25, 0.3) is 5.91 Å². The van der Waals surface area contributed by atoms with Gasteiger partial charge in [-0.25, -0.2) is 4.79 Å². The number of thioether (sulfide) groups is 1. The average molecular weight is 347 g/mol. The smallest absolute Gasteiger partial charge is 0.342 e. The predicted octanol–water partition coefficient (Wildman–Crippen LogP) is 2.92. The van der Waals surface area contributed by atoms with E-state index in [1.165, 1.54) is 25.3 Å². The number of nitrogens with one attached hydrogen (secondary N) is 1. The fraction of sp³-hybridized carbons (Fsp3) is 0.176. The highest BCUT2D eigenvalue weighted by Gasteiger charge is 2.15. The molecule has 0 fully saturated rings. The van der Waals surface area contributed by atoms with Crippen LogP contribution in [-0.2, 0) is 9.53 Å². The zero-order valence-electron chi connectivity index (χ0n) is 13.2. The first-order valence-electron chi connectivity index (χ1n) is 7.01. The Kier molecular flexibility index (Phi) is 6.08. The van der Waals surface area contributed by atoms with E-state index in [0.717, 1.165) is 4.90 Å². The number of benzene rings is 2. The van der Waals surface area contributed by atoms with Crippen LogP contribution in [0.2, 0.25) is 0 Å². The van der Waals surface area contributed by atoms with Crippen molar-refractivity contribution in [3.63, 3.8) is 0 Å². The van der Waals surface area contributed by atoms with E-state index in [1.807, 2.05) is 18.4 Å². The number of rotatable bonds is 6. The molecule has 2 rings (SSSR count). The Balaban J connectivity index is 1.92. The van der Waals surface area contributed by atoms with Gasteiger partial charge in [-0.1, -0.05) is 0 Å². The van der Waals surface area contributed by atoms with Gasteiger partial charge < -0.3 is 19.9 Å². The second kappa shape index (κ2) is 8.26. The number of hydrogen-bond donors (Lipinski definition) is 2. The Morgan fingerprint density at radius 3 is 2.50 bits per heavy atom. The maximum absolute atomic E-state index is 12.0. The van der Waals surface area contributed by atoms with Gasteiger partial charge in [0.15, 0.2) is 6.61 Å². The van der Waals surface area contributed by atoms with Gasteiger partial charge in [0, 0.05) is 10.6 Å². The third-order valence-corrected chi connectivity index (χ3v) is 3.88. The van der Waals surface area contributed by atoms with Gasteiger partial charge >= 0.3 is 5.97 Å². The number of esters is 1. The Hall–Kier alpha value is -2.67. The van der Waals surface area contributed by atoms with Crippen molar-refractivity contribution in [2.45, 2.75) is 4.90 Å². The first-order chi connectivity index (χ1) is 11.5. The Morgan fingerprint density at radius 1 is 1.17 bits per heavy atom. The van der Waals surface area contributed by atoms with Gasteiger partial charge in [-0.15, -0.1) is 11.8 Å². The van der Waals surface area contributed by atoms with E-state index in [2.05, 4.69) is 5.32 Å². The number of phenolic OH excluding ortho intramolecular Hbond substituents is 1. The van der Waals surface area contributed by atoms with Crippen LogP contribution in [-0.4, -0.2) is 37.0 Å². The van der Waals surface area contributed by atoms with E-state index in [0.29, 0.717) is 11.4 Å². The number of hydrogen-bond acceptors (Lipinski definition) is 6. The molecule has 2 aromatic carbocycles. The highest BCUT2D eigenvalue weighted by atomic mass is 32.2. The van der Waals surface area contributed by atoms with Gasteiger partial charge in [-0.2, -0.15) is 0 Å². The summed E-state index contributed by atoms with van der Waals surface area (Å²) in [6, 6.07) is 11.5. The van der Waals surface area contributed by atoms with Gasteiger partial charge in [0.2, 0.25) is 0 Å². The van der Waals surface area contributed by atoms with E-state index < -0.39 is 18.5 Å². The summed E-state index contributed by atoms with van der Waals surface area (Å²) in [5.74, 6) is -1.12. The average Bonchev–Trinajstić information content (AvgIpc) is 2.60. The summed E-state index contributed by atoms with van der Waals surface area (Å²) >= 11 is 1.60. The molecule has 0 saturated heterocycles. The Labute approximate surface area is 143 Å². The highest BCUT2D eigenvalue weighted by Crippen LogP contribution is 2.23. The van der Waals surface area contributed by atoms with Crippen molar-refractivity contribution in [2.75, 3.05) is 25.3 Å². The molecule has 2 aromatic rings. The van der Waals surface area contributed by atoms with Crippen LogP contribution in [0.5, 0.6) is 11.5 Å². The van der Waals surface area contributed by atoms with E-state index in [-0.39, 0.29) is 11.3 Å². The molecular formula is C17H17NO5S. The fourth-order valence-electron chi connectivity index (χ4n) is 1.89. The molecule has 2 N–H and O–H groups in total. The Bertz CT molecular complexity index is 730. The highest BCUT2D eigenvalue weighted by molar-refractivity contribution is 7.98. The molecule has 126 valence electrons. The summed E-state index contributed by atoms with van der Waals surface area (Å²) < 4.78 is 9.90. The van der Waals surface area contributed by atoms with Gasteiger partial charge in [0.1, 0.15) is 17.1 Å². The number of phenols is 1. The molecule has 0 atom stereocenters. The fourth-order valence-corrected chi connectivity index (χ4v) is 2.29. The summed E-state index contributed by atoms with van der Waals surface area (Å²) in [6.45, 7) is -0.459. The van der Waals surface area contributed by atoms with Gasteiger partial charge in [0.05, 0.1) is 7.11 Å². The Morgan fingerprint density at radius 2 is 1.88 bits per heavy atom. The van der Waals surface area contributed by atoms with Crippen LogP contribution in [0, 0.1) is 0 Å². The lowest BCUT2D eigenvalue weighted by Gasteiger charge is -2.09. The maximum atomic E-state index is 12.0. The van der Waals surface area contributed by atoms with Crippen molar-refractivity contribution >= 4 is 29.3 Å². The first-order valence-corrected chi connectivity index (χ1v) is 8.24. The number of carbonyl (C=O) groups excluding carboxylic acids is 2. The summed E-state index contributed by atoms with van der Waals surface area (Å²) in [5, 5.41) is 12.3. The zero-order chi connectivity index (χ0) is 17.5. The molecule has 0 heterocycles. The molecule has 6 nitrogen and oxygen atoms in total. The molecule has 0 spiro atoms. The van der Waals surface area contributed by atoms with Crippen molar-refractivity contribution in [3.8, 4) is 11.5 Å². The molecule has 0 radical (unpaired) electrons. The largest absolute Gasteiger partial charge is 0.507 e. The summed E-state index contributed by atoms with van der Waals surface area (Å²) in [5.41, 5.74) is 0.546. The maximum Gasteiger partial charge on any atom is 0.342 e. The molecule has 0 aliphatic carbocycles. The normalized spacial score (nSPS) is 10.1. The SMILES string of the molecule is COc1ccc(O)c(C(=O)OCC(=O)Nc2ccc(SC)cc2)c1. The molecule has 1 amide bonds. The number of methoxy groups -OCH3 is 1. The number of carbonyl (C=O) groups is 2. The number of ether oxygens (including phenoxy) is 2. The summed E-state index contributed by atoms with van der Waals surface area (Å²) in [7, 11) is 1.44. The van der Waals surface area contributed by atoms with Gasteiger partial charge in [-0.3, -0.25) is 4.79 Å². The quantitative estimate of drug-likeness (QED) is 0.617. The zero-order valence-corrected chi connectivity index (χ0v) is 14.1. The van der Waals surface area contributed by atoms with Crippen LogP contribution in [0.15, 0.2) is 47.4 Å². The molecule has 0 aliphatic heterocycles. The molecule has 0 saturated carbocycles. The van der Waals surface area contributed by atoms with Crippen molar-refractivity contribution < 1.29 is 24.2 Å². The van der Waals surface area contributed by atoms with Crippen molar-refractivity contribution in [2.24, 2.45) is 0 Å². The predicted molar refractivity (Wildman–Crippen MR) is 91.8 cm³/mol. The number of aromatic hydroxyl groups is 1. The van der Waals surface area contributed by atoms with E-state index >= 15 is 0 Å². The molecule has 0 aromatic heterocycles. The second-order valence-corrected chi connectivity index (χ2v) is 5.62. The van der Waals surface area contributed by atoms with E-state index in [9.17, 15) is 14.7 Å². The van der Waals surface area contributed by atoms with Crippen LogP contribution in [0.1, 0.15) is 10.4 Å². The van der Waals surface area contributed by atoms with Crippen LogP contribution in [0.3, 0.4) is 0 Å². The molecule has 0 unspecified atom stereocenters. The summed E-state index contributed by atoms with van der Waals surface area (Å²) in [4.78, 5) is 24.9. The number of amides is 1. The first kappa shape index (κ1) is 17.7. The minimum Gasteiger partial charge on any atom is -0.507 e. The van der Waals surface area contributed by atoms with Crippen LogP contribution >= 0.6 is 11.8 Å². The molecule has 0 bridgehead atoms.